The molecule has 2 rings (SSSR count). The van der Waals surface area contributed by atoms with Gasteiger partial charge in [0.25, 0.3) is 0 Å². The van der Waals surface area contributed by atoms with E-state index in [2.05, 4.69) is 25.5 Å². The average Bonchev–Trinajstić information content (AvgIpc) is 2.80. The maximum Gasteiger partial charge on any atom is 0.224 e. The molecule has 6 heteroatoms. The monoisotopic (exact) mass is 256 g/mol. The molecule has 0 spiro atoms. The van der Waals surface area contributed by atoms with Gasteiger partial charge in [-0.25, -0.2) is 9.97 Å². The Balaban J connectivity index is 1.85. The van der Waals surface area contributed by atoms with Gasteiger partial charge in [-0.3, -0.25) is 5.10 Å². The molecule has 0 atom stereocenters. The van der Waals surface area contributed by atoms with E-state index in [0.717, 1.165) is 30.8 Å². The van der Waals surface area contributed by atoms with Crippen LogP contribution in [0.5, 0.6) is 0 Å². The second-order valence-corrected chi connectivity index (χ2v) is 4.38. The van der Waals surface area contributed by atoms with E-state index in [9.17, 15) is 0 Å². The van der Waals surface area contributed by atoms with Crippen molar-refractivity contribution < 1.29 is 0 Å². The lowest BCUT2D eigenvalue weighted by Crippen LogP contribution is -2.08. The van der Waals surface area contributed by atoms with Crippen molar-refractivity contribution in [2.45, 2.75) is 26.7 Å². The third kappa shape index (κ3) is 3.52. The van der Waals surface area contributed by atoms with Crippen LogP contribution in [0.25, 0.3) is 0 Å². The molecule has 6 nitrogen and oxygen atoms in total. The molecule has 0 unspecified atom stereocenters. The maximum atomic E-state index is 8.84. The van der Waals surface area contributed by atoms with Crippen LogP contribution < -0.4 is 5.32 Å². The van der Waals surface area contributed by atoms with Crippen molar-refractivity contribution in [3.8, 4) is 6.07 Å². The van der Waals surface area contributed by atoms with Gasteiger partial charge in [-0.1, -0.05) is 0 Å². The standard InChI is InChI=1S/C13H16N6/c1-9-6-12(7-14)18-13(17-9)15-5-3-4-11-8-16-19-10(11)2/h6,8H,3-5H2,1-2H3,(H,16,19)(H,15,17,18). The quantitative estimate of drug-likeness (QED) is 0.795. The molecule has 98 valence electrons. The van der Waals surface area contributed by atoms with Gasteiger partial charge in [0.2, 0.25) is 5.95 Å². The van der Waals surface area contributed by atoms with Gasteiger partial charge in [-0.05, 0) is 38.3 Å². The van der Waals surface area contributed by atoms with Crippen LogP contribution in [0.3, 0.4) is 0 Å². The highest BCUT2D eigenvalue weighted by Gasteiger charge is 2.02. The number of aryl methyl sites for hydroxylation is 3. The molecule has 2 aromatic rings. The number of nitriles is 1. The number of aromatic nitrogens is 4. The highest BCUT2D eigenvalue weighted by atomic mass is 15.1. The highest BCUT2D eigenvalue weighted by Crippen LogP contribution is 2.07. The fourth-order valence-electron chi connectivity index (χ4n) is 1.81. The molecule has 0 saturated carbocycles. The van der Waals surface area contributed by atoms with Gasteiger partial charge >= 0.3 is 0 Å². The lowest BCUT2D eigenvalue weighted by molar-refractivity contribution is 0.845. The summed E-state index contributed by atoms with van der Waals surface area (Å²) in [6.45, 7) is 4.63. The molecule has 0 aliphatic rings. The van der Waals surface area contributed by atoms with Crippen molar-refractivity contribution in [2.75, 3.05) is 11.9 Å². The summed E-state index contributed by atoms with van der Waals surface area (Å²) < 4.78 is 0. The SMILES string of the molecule is Cc1cc(C#N)nc(NCCCc2cn[nH]c2C)n1. The molecule has 0 aliphatic heterocycles. The van der Waals surface area contributed by atoms with E-state index in [0.29, 0.717) is 11.6 Å². The first-order chi connectivity index (χ1) is 9.19. The highest BCUT2D eigenvalue weighted by molar-refractivity contribution is 5.32. The van der Waals surface area contributed by atoms with Crippen molar-refractivity contribution in [2.24, 2.45) is 0 Å². The Hall–Kier alpha value is -2.42. The molecular formula is C13H16N6. The van der Waals surface area contributed by atoms with Gasteiger partial charge in [0.1, 0.15) is 11.8 Å². The summed E-state index contributed by atoms with van der Waals surface area (Å²) in [4.78, 5) is 8.34. The fourth-order valence-corrected chi connectivity index (χ4v) is 1.81. The molecule has 0 radical (unpaired) electrons. The van der Waals surface area contributed by atoms with Crippen molar-refractivity contribution >= 4 is 5.95 Å². The number of hydrogen-bond donors (Lipinski definition) is 2. The first kappa shape index (κ1) is 13.0. The first-order valence-corrected chi connectivity index (χ1v) is 6.17. The minimum absolute atomic E-state index is 0.390. The molecule has 0 bridgehead atoms. The van der Waals surface area contributed by atoms with Crippen molar-refractivity contribution in [3.05, 3.63) is 34.9 Å². The van der Waals surface area contributed by atoms with E-state index in [1.807, 2.05) is 26.1 Å². The summed E-state index contributed by atoms with van der Waals surface area (Å²) in [5.41, 5.74) is 3.52. The summed E-state index contributed by atoms with van der Waals surface area (Å²) in [5, 5.41) is 18.9. The summed E-state index contributed by atoms with van der Waals surface area (Å²) in [6.07, 6.45) is 3.76. The smallest absolute Gasteiger partial charge is 0.224 e. The lowest BCUT2D eigenvalue weighted by Gasteiger charge is -2.05. The summed E-state index contributed by atoms with van der Waals surface area (Å²) in [5.74, 6) is 0.514. The zero-order valence-electron chi connectivity index (χ0n) is 11.1. The number of nitrogens with one attached hydrogen (secondary N) is 2. The minimum atomic E-state index is 0.390. The summed E-state index contributed by atoms with van der Waals surface area (Å²) in [7, 11) is 0. The maximum absolute atomic E-state index is 8.84. The number of hydrogen-bond acceptors (Lipinski definition) is 5. The predicted octanol–water partition coefficient (Wildman–Crippen LogP) is 1.73. The average molecular weight is 256 g/mol. The van der Waals surface area contributed by atoms with Gasteiger partial charge < -0.3 is 5.32 Å². The predicted molar refractivity (Wildman–Crippen MR) is 71.6 cm³/mol. The van der Waals surface area contributed by atoms with Crippen LogP contribution in [-0.2, 0) is 6.42 Å². The largest absolute Gasteiger partial charge is 0.354 e. The lowest BCUT2D eigenvalue weighted by atomic mass is 10.1. The van der Waals surface area contributed by atoms with E-state index >= 15 is 0 Å². The van der Waals surface area contributed by atoms with Crippen LogP contribution in [0.1, 0.15) is 29.1 Å². The van der Waals surface area contributed by atoms with E-state index in [1.54, 1.807) is 6.07 Å². The number of anilines is 1. The van der Waals surface area contributed by atoms with Crippen molar-refractivity contribution in [3.63, 3.8) is 0 Å². The number of nitrogens with zero attached hydrogens (tertiary/aromatic N) is 4. The summed E-state index contributed by atoms with van der Waals surface area (Å²) >= 11 is 0. The van der Waals surface area contributed by atoms with Gasteiger partial charge in [0.05, 0.1) is 6.20 Å². The molecular weight excluding hydrogens is 240 g/mol. The van der Waals surface area contributed by atoms with Gasteiger partial charge in [0.15, 0.2) is 0 Å². The fraction of sp³-hybridized carbons (Fsp3) is 0.385. The van der Waals surface area contributed by atoms with E-state index in [-0.39, 0.29) is 0 Å². The van der Waals surface area contributed by atoms with Crippen LogP contribution >= 0.6 is 0 Å². The Morgan fingerprint density at radius 2 is 2.21 bits per heavy atom. The second-order valence-electron chi connectivity index (χ2n) is 4.38. The van der Waals surface area contributed by atoms with Crippen LogP contribution in [-0.4, -0.2) is 26.7 Å². The molecule has 0 fully saturated rings. The third-order valence-electron chi connectivity index (χ3n) is 2.81. The first-order valence-electron chi connectivity index (χ1n) is 6.17. The van der Waals surface area contributed by atoms with Crippen LogP contribution in [0.4, 0.5) is 5.95 Å². The zero-order valence-corrected chi connectivity index (χ0v) is 11.1. The van der Waals surface area contributed by atoms with Crippen molar-refractivity contribution in [1.29, 1.82) is 5.26 Å². The van der Waals surface area contributed by atoms with E-state index in [1.165, 1.54) is 5.56 Å². The minimum Gasteiger partial charge on any atom is -0.354 e. The molecule has 2 N–H and O–H groups in total. The Labute approximate surface area is 111 Å². The van der Waals surface area contributed by atoms with Gasteiger partial charge in [-0.15, -0.1) is 0 Å². The Morgan fingerprint density at radius 1 is 1.37 bits per heavy atom. The number of H-pyrrole nitrogens is 1. The molecule has 19 heavy (non-hydrogen) atoms. The molecule has 0 aliphatic carbocycles. The second kappa shape index (κ2) is 5.96. The summed E-state index contributed by atoms with van der Waals surface area (Å²) in [6, 6.07) is 3.69. The van der Waals surface area contributed by atoms with Crippen LogP contribution in [0.2, 0.25) is 0 Å². The third-order valence-corrected chi connectivity index (χ3v) is 2.81. The Kier molecular flexibility index (Phi) is 4.08. The van der Waals surface area contributed by atoms with Gasteiger partial charge in [0, 0.05) is 17.9 Å². The molecule has 0 amide bonds. The number of aromatic amines is 1. The zero-order chi connectivity index (χ0) is 13.7. The topological polar surface area (TPSA) is 90.3 Å². The molecule has 2 aromatic heterocycles. The van der Waals surface area contributed by atoms with Crippen LogP contribution in [0.15, 0.2) is 12.3 Å². The van der Waals surface area contributed by atoms with E-state index < -0.39 is 0 Å². The van der Waals surface area contributed by atoms with Crippen molar-refractivity contribution in [1.82, 2.24) is 20.2 Å². The van der Waals surface area contributed by atoms with E-state index in [4.69, 9.17) is 5.26 Å². The van der Waals surface area contributed by atoms with Gasteiger partial charge in [-0.2, -0.15) is 10.4 Å². The normalized spacial score (nSPS) is 10.2. The van der Waals surface area contributed by atoms with Crippen LogP contribution in [0, 0.1) is 25.2 Å². The number of rotatable bonds is 5. The molecule has 0 aromatic carbocycles. The molecule has 2 heterocycles. The Bertz CT molecular complexity index is 595. The Morgan fingerprint density at radius 3 is 2.89 bits per heavy atom. The molecule has 0 saturated heterocycles.